The Morgan fingerprint density at radius 3 is 2.71 bits per heavy atom. The van der Waals surface area contributed by atoms with Crippen molar-refractivity contribution in [2.24, 2.45) is 5.73 Å². The molecule has 2 rings (SSSR count). The molecule has 0 aromatic heterocycles. The van der Waals surface area contributed by atoms with Crippen LogP contribution < -0.4 is 10.5 Å². The van der Waals surface area contributed by atoms with E-state index in [9.17, 15) is 14.4 Å². The van der Waals surface area contributed by atoms with Crippen molar-refractivity contribution in [2.45, 2.75) is 25.3 Å². The number of benzene rings is 1. The minimum absolute atomic E-state index is 0.292. The van der Waals surface area contributed by atoms with Gasteiger partial charge in [-0.2, -0.15) is 0 Å². The number of esters is 1. The van der Waals surface area contributed by atoms with E-state index in [1.165, 1.54) is 12.0 Å². The summed E-state index contributed by atoms with van der Waals surface area (Å²) in [7, 11) is 1.52. The van der Waals surface area contributed by atoms with E-state index in [1.807, 2.05) is 0 Å². The summed E-state index contributed by atoms with van der Waals surface area (Å²) in [5.41, 5.74) is 5.62. The minimum Gasteiger partial charge on any atom is -0.496 e. The van der Waals surface area contributed by atoms with Crippen LogP contribution in [0.4, 0.5) is 0 Å². The maximum atomic E-state index is 12.2. The molecule has 24 heavy (non-hydrogen) atoms. The van der Waals surface area contributed by atoms with Gasteiger partial charge in [0.2, 0.25) is 5.91 Å². The molecule has 0 unspecified atom stereocenters. The molecule has 2 amide bonds. The quantitative estimate of drug-likeness (QED) is 0.757. The van der Waals surface area contributed by atoms with Crippen LogP contribution in [0.15, 0.2) is 22.7 Å². The SMILES string of the molecule is COc1ccc(C(=O)OCC(=O)N2CCCC[C@H]2C(N)=O)cc1Br. The number of amides is 2. The Labute approximate surface area is 148 Å². The predicted molar refractivity (Wildman–Crippen MR) is 89.5 cm³/mol. The second-order valence-corrected chi connectivity index (χ2v) is 6.28. The number of methoxy groups -OCH3 is 1. The van der Waals surface area contributed by atoms with Crippen molar-refractivity contribution in [3.05, 3.63) is 28.2 Å². The molecule has 2 N–H and O–H groups in total. The van der Waals surface area contributed by atoms with Gasteiger partial charge in [-0.15, -0.1) is 0 Å². The number of nitrogens with zero attached hydrogens (tertiary/aromatic N) is 1. The number of primary amides is 1. The molecule has 130 valence electrons. The lowest BCUT2D eigenvalue weighted by Crippen LogP contribution is -2.51. The molecular formula is C16H19BrN2O5. The van der Waals surface area contributed by atoms with Crippen LogP contribution in [-0.4, -0.2) is 49.0 Å². The molecule has 8 heteroatoms. The number of nitrogens with two attached hydrogens (primary N) is 1. The molecule has 1 aliphatic rings. The summed E-state index contributed by atoms with van der Waals surface area (Å²) in [6.07, 6.45) is 2.19. The smallest absolute Gasteiger partial charge is 0.338 e. The van der Waals surface area contributed by atoms with E-state index in [1.54, 1.807) is 18.2 Å². The summed E-state index contributed by atoms with van der Waals surface area (Å²) in [5, 5.41) is 0. The third kappa shape index (κ3) is 4.25. The summed E-state index contributed by atoms with van der Waals surface area (Å²) >= 11 is 3.28. The van der Waals surface area contributed by atoms with Gasteiger partial charge in [0.15, 0.2) is 6.61 Å². The van der Waals surface area contributed by atoms with E-state index in [0.717, 1.165) is 12.8 Å². The number of hydrogen-bond donors (Lipinski definition) is 1. The van der Waals surface area contributed by atoms with Gasteiger partial charge < -0.3 is 20.1 Å². The van der Waals surface area contributed by atoms with Gasteiger partial charge in [-0.25, -0.2) is 4.79 Å². The van der Waals surface area contributed by atoms with Crippen molar-refractivity contribution < 1.29 is 23.9 Å². The Balaban J connectivity index is 1.96. The van der Waals surface area contributed by atoms with Crippen molar-refractivity contribution in [3.63, 3.8) is 0 Å². The molecule has 0 bridgehead atoms. The van der Waals surface area contributed by atoms with Gasteiger partial charge >= 0.3 is 5.97 Å². The fourth-order valence-electron chi connectivity index (χ4n) is 2.61. The largest absolute Gasteiger partial charge is 0.496 e. The van der Waals surface area contributed by atoms with Crippen LogP contribution >= 0.6 is 15.9 Å². The first-order valence-corrected chi connectivity index (χ1v) is 8.32. The van der Waals surface area contributed by atoms with Gasteiger partial charge in [0.1, 0.15) is 11.8 Å². The van der Waals surface area contributed by atoms with Crippen LogP contribution in [0.1, 0.15) is 29.6 Å². The van der Waals surface area contributed by atoms with Crippen molar-refractivity contribution in [1.82, 2.24) is 4.90 Å². The van der Waals surface area contributed by atoms with E-state index in [0.29, 0.717) is 28.8 Å². The lowest BCUT2D eigenvalue weighted by molar-refractivity contribution is -0.143. The molecule has 1 fully saturated rings. The molecule has 1 aromatic carbocycles. The topological polar surface area (TPSA) is 98.9 Å². The third-order valence-corrected chi connectivity index (χ3v) is 4.49. The van der Waals surface area contributed by atoms with Crippen LogP contribution in [-0.2, 0) is 14.3 Å². The monoisotopic (exact) mass is 398 g/mol. The standard InChI is InChI=1S/C16H19BrN2O5/c1-23-13-6-5-10(8-11(13)17)16(22)24-9-14(20)19-7-3-2-4-12(19)15(18)21/h5-6,8,12H,2-4,7,9H2,1H3,(H2,18,21)/t12-/m0/s1. The van der Waals surface area contributed by atoms with Crippen LogP contribution in [0.25, 0.3) is 0 Å². The third-order valence-electron chi connectivity index (χ3n) is 3.87. The highest BCUT2D eigenvalue weighted by molar-refractivity contribution is 9.10. The highest BCUT2D eigenvalue weighted by atomic mass is 79.9. The lowest BCUT2D eigenvalue weighted by atomic mass is 10.0. The number of halogens is 1. The van der Waals surface area contributed by atoms with Crippen LogP contribution in [0.3, 0.4) is 0 Å². The molecule has 1 saturated heterocycles. The molecule has 1 heterocycles. The number of piperidine rings is 1. The zero-order chi connectivity index (χ0) is 17.7. The Morgan fingerprint density at radius 1 is 1.33 bits per heavy atom. The number of ether oxygens (including phenoxy) is 2. The normalized spacial score (nSPS) is 17.2. The fraction of sp³-hybridized carbons (Fsp3) is 0.438. The van der Waals surface area contributed by atoms with E-state index in [-0.39, 0.29) is 0 Å². The van der Waals surface area contributed by atoms with Gasteiger partial charge in [-0.3, -0.25) is 9.59 Å². The van der Waals surface area contributed by atoms with Crippen molar-refractivity contribution in [3.8, 4) is 5.75 Å². The van der Waals surface area contributed by atoms with E-state index >= 15 is 0 Å². The summed E-state index contributed by atoms with van der Waals surface area (Å²) in [4.78, 5) is 37.1. The predicted octanol–water partition coefficient (Wildman–Crippen LogP) is 1.48. The molecular weight excluding hydrogens is 380 g/mol. The zero-order valence-electron chi connectivity index (χ0n) is 13.3. The van der Waals surface area contributed by atoms with Gasteiger partial charge in [-0.1, -0.05) is 0 Å². The molecule has 0 saturated carbocycles. The first kappa shape index (κ1) is 18.3. The van der Waals surface area contributed by atoms with Gasteiger partial charge in [0.25, 0.3) is 5.91 Å². The average Bonchev–Trinajstić information content (AvgIpc) is 2.59. The minimum atomic E-state index is -0.626. The maximum absolute atomic E-state index is 12.2. The highest BCUT2D eigenvalue weighted by Gasteiger charge is 2.31. The Morgan fingerprint density at radius 2 is 2.08 bits per heavy atom. The molecule has 0 spiro atoms. The van der Waals surface area contributed by atoms with Crippen molar-refractivity contribution in [1.29, 1.82) is 0 Å². The highest BCUT2D eigenvalue weighted by Crippen LogP contribution is 2.25. The van der Waals surface area contributed by atoms with E-state index in [2.05, 4.69) is 15.9 Å². The Kier molecular flexibility index (Phi) is 6.19. The fourth-order valence-corrected chi connectivity index (χ4v) is 3.15. The number of carbonyl (C=O) groups is 3. The molecule has 0 radical (unpaired) electrons. The van der Waals surface area contributed by atoms with Crippen molar-refractivity contribution in [2.75, 3.05) is 20.3 Å². The zero-order valence-corrected chi connectivity index (χ0v) is 14.9. The van der Waals surface area contributed by atoms with Gasteiger partial charge in [0.05, 0.1) is 17.1 Å². The van der Waals surface area contributed by atoms with Crippen LogP contribution in [0.2, 0.25) is 0 Å². The summed E-state index contributed by atoms with van der Waals surface area (Å²) in [6, 6.07) is 4.10. The van der Waals surface area contributed by atoms with E-state index < -0.39 is 30.4 Å². The van der Waals surface area contributed by atoms with Gasteiger partial charge in [0, 0.05) is 6.54 Å². The second-order valence-electron chi connectivity index (χ2n) is 5.43. The van der Waals surface area contributed by atoms with Crippen molar-refractivity contribution >= 4 is 33.7 Å². The maximum Gasteiger partial charge on any atom is 0.338 e. The average molecular weight is 399 g/mol. The Bertz CT molecular complexity index is 649. The summed E-state index contributed by atoms with van der Waals surface area (Å²) in [5.74, 6) is -0.993. The van der Waals surface area contributed by atoms with Gasteiger partial charge in [-0.05, 0) is 53.4 Å². The van der Waals surface area contributed by atoms with E-state index in [4.69, 9.17) is 15.2 Å². The number of likely N-dealkylation sites (tertiary alicyclic amines) is 1. The lowest BCUT2D eigenvalue weighted by Gasteiger charge is -2.33. The number of hydrogen-bond acceptors (Lipinski definition) is 5. The molecule has 1 aromatic rings. The summed E-state index contributed by atoms with van der Waals surface area (Å²) in [6.45, 7) is 0.0182. The second kappa shape index (κ2) is 8.14. The van der Waals surface area contributed by atoms with Crippen LogP contribution in [0.5, 0.6) is 5.75 Å². The first-order valence-electron chi connectivity index (χ1n) is 7.53. The van der Waals surface area contributed by atoms with Crippen LogP contribution in [0, 0.1) is 0 Å². The molecule has 1 aliphatic heterocycles. The first-order chi connectivity index (χ1) is 11.4. The Hall–Kier alpha value is -2.09. The number of carbonyl (C=O) groups excluding carboxylic acids is 3. The molecule has 1 atom stereocenters. The number of rotatable bonds is 5. The molecule has 7 nitrogen and oxygen atoms in total. The molecule has 0 aliphatic carbocycles. The summed E-state index contributed by atoms with van der Waals surface area (Å²) < 4.78 is 10.8.